The summed E-state index contributed by atoms with van der Waals surface area (Å²) in [6.45, 7) is 10.6. The predicted octanol–water partition coefficient (Wildman–Crippen LogP) is 3.72. The molecule has 3 unspecified atom stereocenters. The van der Waals surface area contributed by atoms with Crippen molar-refractivity contribution in [2.75, 3.05) is 0 Å². The van der Waals surface area contributed by atoms with Crippen molar-refractivity contribution in [3.05, 3.63) is 36.5 Å². The summed E-state index contributed by atoms with van der Waals surface area (Å²) in [5, 5.41) is 0. The van der Waals surface area contributed by atoms with Gasteiger partial charge in [-0.05, 0) is 30.6 Å². The third kappa shape index (κ3) is 1.50. The molecule has 2 aliphatic rings. The fourth-order valence-corrected chi connectivity index (χ4v) is 2.70. The van der Waals surface area contributed by atoms with E-state index in [2.05, 4.69) is 32.2 Å². The van der Waals surface area contributed by atoms with Gasteiger partial charge >= 0.3 is 0 Å². The Morgan fingerprint density at radius 2 is 1.69 bits per heavy atom. The van der Waals surface area contributed by atoms with Gasteiger partial charge in [-0.15, -0.1) is 0 Å². The van der Waals surface area contributed by atoms with Crippen LogP contribution in [0.1, 0.15) is 26.2 Å². The highest BCUT2D eigenvalue weighted by Gasteiger charge is 2.32. The summed E-state index contributed by atoms with van der Waals surface area (Å²) in [5.41, 5.74) is 2.65. The van der Waals surface area contributed by atoms with Gasteiger partial charge in [0.15, 0.2) is 0 Å². The number of fused-ring (bicyclic) bond motifs is 1. The lowest BCUT2D eigenvalue weighted by molar-refractivity contribution is 0.250. The Bertz CT molecular complexity index is 270. The van der Waals surface area contributed by atoms with Gasteiger partial charge in [0.1, 0.15) is 0 Å². The van der Waals surface area contributed by atoms with E-state index in [0.29, 0.717) is 11.8 Å². The zero-order valence-electron chi connectivity index (χ0n) is 8.42. The van der Waals surface area contributed by atoms with Crippen LogP contribution in [0.4, 0.5) is 0 Å². The van der Waals surface area contributed by atoms with Gasteiger partial charge in [-0.25, -0.2) is 0 Å². The molecule has 0 radical (unpaired) electrons. The summed E-state index contributed by atoms with van der Waals surface area (Å²) in [7, 11) is 0. The Labute approximate surface area is 81.0 Å². The molecule has 0 nitrogen and oxygen atoms in total. The van der Waals surface area contributed by atoms with Gasteiger partial charge in [-0.2, -0.15) is 0 Å². The molecule has 0 heterocycles. The predicted molar refractivity (Wildman–Crippen MR) is 57.4 cm³/mol. The van der Waals surface area contributed by atoms with Gasteiger partial charge in [0, 0.05) is 0 Å². The summed E-state index contributed by atoms with van der Waals surface area (Å²) in [6, 6.07) is 0. The zero-order chi connectivity index (χ0) is 9.42. The molecule has 0 aliphatic heterocycles. The van der Waals surface area contributed by atoms with Crippen molar-refractivity contribution in [2.45, 2.75) is 26.2 Å². The molecule has 0 saturated heterocycles. The maximum Gasteiger partial charge on any atom is -0.00966 e. The first-order chi connectivity index (χ1) is 6.18. The molecule has 1 fully saturated rings. The molecule has 2 aliphatic carbocycles. The van der Waals surface area contributed by atoms with E-state index in [1.165, 1.54) is 30.4 Å². The van der Waals surface area contributed by atoms with Crippen LogP contribution in [-0.2, 0) is 0 Å². The smallest absolute Gasteiger partial charge is 0.00966 e. The van der Waals surface area contributed by atoms with Crippen LogP contribution in [-0.4, -0.2) is 0 Å². The largest absolute Gasteiger partial charge is 0.0955 e. The van der Waals surface area contributed by atoms with Gasteiger partial charge in [0.05, 0.1) is 0 Å². The van der Waals surface area contributed by atoms with Crippen LogP contribution in [0, 0.1) is 17.8 Å². The maximum absolute atomic E-state index is 4.14. The highest BCUT2D eigenvalue weighted by molar-refractivity contribution is 5.36. The van der Waals surface area contributed by atoms with Crippen molar-refractivity contribution in [1.82, 2.24) is 0 Å². The first-order valence-corrected chi connectivity index (χ1v) is 5.24. The molecule has 2 rings (SSSR count). The Hall–Kier alpha value is -0.780. The van der Waals surface area contributed by atoms with Gasteiger partial charge in [0.2, 0.25) is 0 Å². The van der Waals surface area contributed by atoms with Crippen LogP contribution in [0.15, 0.2) is 36.5 Å². The number of hydrogen-bond donors (Lipinski definition) is 0. The first-order valence-electron chi connectivity index (χ1n) is 5.24. The second-order valence-corrected chi connectivity index (χ2v) is 4.61. The van der Waals surface area contributed by atoms with E-state index in [0.717, 1.165) is 5.92 Å². The molecule has 0 N–H and O–H groups in total. The molecule has 0 aromatic carbocycles. The zero-order valence-corrected chi connectivity index (χ0v) is 8.42. The molecular formula is C13H18. The fraction of sp³-hybridized carbons (Fsp3) is 0.538. The van der Waals surface area contributed by atoms with Crippen molar-refractivity contribution >= 4 is 0 Å². The van der Waals surface area contributed by atoms with E-state index in [1.54, 1.807) is 0 Å². The van der Waals surface area contributed by atoms with Crippen molar-refractivity contribution in [3.63, 3.8) is 0 Å². The Morgan fingerprint density at radius 1 is 1.08 bits per heavy atom. The lowest BCUT2D eigenvalue weighted by Crippen LogP contribution is -2.27. The van der Waals surface area contributed by atoms with Crippen LogP contribution in [0.25, 0.3) is 0 Å². The van der Waals surface area contributed by atoms with Gasteiger partial charge < -0.3 is 0 Å². The molecular weight excluding hydrogens is 156 g/mol. The third-order valence-electron chi connectivity index (χ3n) is 3.58. The quantitative estimate of drug-likeness (QED) is 0.525. The minimum atomic E-state index is 0.696. The summed E-state index contributed by atoms with van der Waals surface area (Å²) in [4.78, 5) is 0. The average Bonchev–Trinajstić information content (AvgIpc) is 2.12. The Balaban J connectivity index is 2.23. The normalized spacial score (nSPS) is 39.0. The van der Waals surface area contributed by atoms with Crippen molar-refractivity contribution < 1.29 is 0 Å². The van der Waals surface area contributed by atoms with Gasteiger partial charge in [-0.1, -0.05) is 49.8 Å². The van der Waals surface area contributed by atoms with Crippen LogP contribution in [0.5, 0.6) is 0 Å². The molecule has 0 spiro atoms. The van der Waals surface area contributed by atoms with Gasteiger partial charge in [0.25, 0.3) is 0 Å². The summed E-state index contributed by atoms with van der Waals surface area (Å²) in [6.07, 6.45) is 8.29. The maximum atomic E-state index is 4.14. The highest BCUT2D eigenvalue weighted by atomic mass is 14.4. The molecule has 13 heavy (non-hydrogen) atoms. The molecule has 70 valence electrons. The van der Waals surface area contributed by atoms with E-state index < -0.39 is 0 Å². The van der Waals surface area contributed by atoms with Crippen LogP contribution in [0.3, 0.4) is 0 Å². The van der Waals surface area contributed by atoms with Crippen LogP contribution in [0.2, 0.25) is 0 Å². The van der Waals surface area contributed by atoms with E-state index in [4.69, 9.17) is 0 Å². The van der Waals surface area contributed by atoms with Crippen LogP contribution >= 0.6 is 0 Å². The summed E-state index contributed by atoms with van der Waals surface area (Å²) < 4.78 is 0. The van der Waals surface area contributed by atoms with Crippen LogP contribution < -0.4 is 0 Å². The lowest BCUT2D eigenvalue weighted by Gasteiger charge is -2.38. The minimum Gasteiger partial charge on any atom is -0.0955 e. The third-order valence-corrected chi connectivity index (χ3v) is 3.58. The van der Waals surface area contributed by atoms with Crippen molar-refractivity contribution in [2.24, 2.45) is 17.8 Å². The molecule has 1 saturated carbocycles. The molecule has 0 aromatic heterocycles. The lowest BCUT2D eigenvalue weighted by atomic mass is 9.67. The molecule has 0 aromatic rings. The number of hydrogen-bond acceptors (Lipinski definition) is 0. The first kappa shape index (κ1) is 8.80. The summed E-state index contributed by atoms with van der Waals surface area (Å²) in [5.74, 6) is 2.27. The standard InChI is InChI=1S/C13H18/c1-9-4-7-12-10(2)5-6-11(3)13(12)8-9/h5-6,9,12-13H,2-4,7-8H2,1H3. The molecule has 0 bridgehead atoms. The van der Waals surface area contributed by atoms with E-state index >= 15 is 0 Å². The highest BCUT2D eigenvalue weighted by Crippen LogP contribution is 2.43. The average molecular weight is 174 g/mol. The monoisotopic (exact) mass is 174 g/mol. The second-order valence-electron chi connectivity index (χ2n) is 4.61. The van der Waals surface area contributed by atoms with Gasteiger partial charge in [-0.3, -0.25) is 0 Å². The Morgan fingerprint density at radius 3 is 2.38 bits per heavy atom. The van der Waals surface area contributed by atoms with Crippen molar-refractivity contribution in [3.8, 4) is 0 Å². The molecule has 0 amide bonds. The Kier molecular flexibility index (Phi) is 2.15. The number of rotatable bonds is 0. The number of allylic oxidation sites excluding steroid dienone is 4. The fourth-order valence-electron chi connectivity index (χ4n) is 2.70. The SMILES string of the molecule is C=C1C=CC(=C)C2CC(C)CCC12. The topological polar surface area (TPSA) is 0 Å². The van der Waals surface area contributed by atoms with E-state index in [9.17, 15) is 0 Å². The van der Waals surface area contributed by atoms with E-state index in [-0.39, 0.29) is 0 Å². The van der Waals surface area contributed by atoms with Crippen molar-refractivity contribution in [1.29, 1.82) is 0 Å². The second kappa shape index (κ2) is 3.17. The minimum absolute atomic E-state index is 0.696. The summed E-state index contributed by atoms with van der Waals surface area (Å²) >= 11 is 0. The molecule has 0 heteroatoms. The van der Waals surface area contributed by atoms with E-state index in [1.807, 2.05) is 0 Å². The molecule has 3 atom stereocenters.